The van der Waals surface area contributed by atoms with Crippen LogP contribution in [0.5, 0.6) is 0 Å². The molecule has 32 heavy (non-hydrogen) atoms. The fraction of sp³-hybridized carbons (Fsp3) is 0.476. The molecule has 2 atom stereocenters. The Morgan fingerprint density at radius 1 is 1.31 bits per heavy atom. The van der Waals surface area contributed by atoms with Crippen LogP contribution in [0.1, 0.15) is 25.5 Å². The number of benzene rings is 1. The van der Waals surface area contributed by atoms with E-state index in [1.165, 1.54) is 12.3 Å². The van der Waals surface area contributed by atoms with Crippen LogP contribution in [-0.4, -0.2) is 62.8 Å². The molecule has 11 heteroatoms. The predicted molar refractivity (Wildman–Crippen MR) is 121 cm³/mol. The second-order valence-electron chi connectivity index (χ2n) is 8.50. The van der Waals surface area contributed by atoms with Gasteiger partial charge in [-0.15, -0.1) is 0 Å². The number of nitrogens with zero attached hydrogens (tertiary/aromatic N) is 5. The van der Waals surface area contributed by atoms with Crippen molar-refractivity contribution in [1.82, 2.24) is 19.5 Å². The molecule has 3 heterocycles. The number of halogens is 1. The molecule has 170 valence electrons. The first-order valence-corrected chi connectivity index (χ1v) is 12.5. The Bertz CT molecular complexity index is 1300. The van der Waals surface area contributed by atoms with Crippen molar-refractivity contribution in [2.75, 3.05) is 43.3 Å². The van der Waals surface area contributed by atoms with Gasteiger partial charge in [-0.2, -0.15) is 4.98 Å². The molecule has 2 aliphatic rings. The van der Waals surface area contributed by atoms with Gasteiger partial charge in [-0.3, -0.25) is 4.78 Å². The second kappa shape index (κ2) is 7.38. The van der Waals surface area contributed by atoms with Crippen molar-refractivity contribution in [1.29, 1.82) is 4.78 Å². The van der Waals surface area contributed by atoms with E-state index in [1.807, 2.05) is 6.07 Å². The molecule has 3 aromatic rings. The lowest BCUT2D eigenvalue weighted by atomic mass is 10.2. The summed E-state index contributed by atoms with van der Waals surface area (Å²) in [6.07, 6.45) is 2.75. The van der Waals surface area contributed by atoms with Gasteiger partial charge in [0, 0.05) is 25.9 Å². The topological polar surface area (TPSA) is 109 Å². The fourth-order valence-electron chi connectivity index (χ4n) is 4.36. The molecule has 1 aliphatic heterocycles. The molecule has 0 bridgehead atoms. The molecule has 1 saturated heterocycles. The van der Waals surface area contributed by atoms with Crippen LogP contribution in [0.15, 0.2) is 24.3 Å². The highest BCUT2D eigenvalue weighted by atomic mass is 32.2. The fourth-order valence-corrected chi connectivity index (χ4v) is 5.75. The zero-order valence-corrected chi connectivity index (χ0v) is 19.1. The molecule has 0 radical (unpaired) electrons. The predicted octanol–water partition coefficient (Wildman–Crippen LogP) is 2.89. The first-order valence-electron chi connectivity index (χ1n) is 10.6. The monoisotopic (exact) mass is 459 g/mol. The molecule has 1 aromatic carbocycles. The van der Waals surface area contributed by atoms with E-state index < -0.39 is 20.3 Å². The Labute approximate surface area is 186 Å². The Morgan fingerprint density at radius 3 is 2.75 bits per heavy atom. The van der Waals surface area contributed by atoms with Gasteiger partial charge in [0.2, 0.25) is 11.9 Å². The molecule has 1 unspecified atom stereocenters. The Kier molecular flexibility index (Phi) is 4.86. The van der Waals surface area contributed by atoms with Crippen molar-refractivity contribution in [3.63, 3.8) is 0 Å². The first kappa shape index (κ1) is 21.1. The van der Waals surface area contributed by atoms with Crippen LogP contribution in [0.4, 0.5) is 16.2 Å². The van der Waals surface area contributed by atoms with Gasteiger partial charge >= 0.3 is 0 Å². The Morgan fingerprint density at radius 2 is 2.09 bits per heavy atom. The maximum atomic E-state index is 14.5. The van der Waals surface area contributed by atoms with Crippen molar-refractivity contribution in [2.45, 2.75) is 30.6 Å². The van der Waals surface area contributed by atoms with Gasteiger partial charge in [-0.1, -0.05) is 6.07 Å². The van der Waals surface area contributed by atoms with E-state index in [-0.39, 0.29) is 11.6 Å². The lowest BCUT2D eigenvalue weighted by Gasteiger charge is -2.34. The quantitative estimate of drug-likeness (QED) is 0.604. The van der Waals surface area contributed by atoms with Crippen LogP contribution in [-0.2, 0) is 19.2 Å². The maximum absolute atomic E-state index is 14.5. The third-order valence-corrected chi connectivity index (χ3v) is 8.45. The smallest absolute Gasteiger partial charge is 0.239 e. The van der Waals surface area contributed by atoms with Gasteiger partial charge in [0.25, 0.3) is 0 Å². The summed E-state index contributed by atoms with van der Waals surface area (Å²) < 4.78 is 42.1. The minimum Gasteiger partial charge on any atom is -0.377 e. The number of para-hydroxylation sites is 1. The number of anilines is 2. The van der Waals surface area contributed by atoms with Crippen LogP contribution in [0, 0.1) is 10.6 Å². The first-order chi connectivity index (χ1) is 15.2. The molecule has 5 rings (SSSR count). The lowest BCUT2D eigenvalue weighted by molar-refractivity contribution is 0.0985. The number of rotatable bonds is 5. The number of aromatic nitrogens is 4. The zero-order valence-electron chi connectivity index (χ0n) is 18.3. The average molecular weight is 460 g/mol. The Balaban J connectivity index is 1.76. The summed E-state index contributed by atoms with van der Waals surface area (Å²) in [5.74, 6) is 0.952. The molecule has 2 fully saturated rings. The number of hydrogen-bond acceptors (Lipinski definition) is 8. The number of fused-ring (bicyclic) bond motifs is 1. The van der Waals surface area contributed by atoms with Crippen molar-refractivity contribution in [3.05, 3.63) is 35.8 Å². The van der Waals surface area contributed by atoms with Crippen molar-refractivity contribution in [2.24, 2.45) is 0 Å². The number of hydrogen-bond donors (Lipinski definition) is 2. The molecular formula is C21H26FN7O2S. The highest BCUT2D eigenvalue weighted by molar-refractivity contribution is 7.92. The molecule has 0 spiro atoms. The van der Waals surface area contributed by atoms with E-state index in [2.05, 4.69) is 22.1 Å². The van der Waals surface area contributed by atoms with Gasteiger partial charge in [-0.05, 0) is 31.9 Å². The van der Waals surface area contributed by atoms with Gasteiger partial charge in [0.1, 0.15) is 11.3 Å². The minimum absolute atomic E-state index is 0.0947. The summed E-state index contributed by atoms with van der Waals surface area (Å²) in [7, 11) is -1.19. The van der Waals surface area contributed by atoms with Crippen LogP contribution in [0.25, 0.3) is 17.0 Å². The van der Waals surface area contributed by atoms with E-state index in [9.17, 15) is 8.60 Å². The van der Waals surface area contributed by atoms with Crippen molar-refractivity contribution < 1.29 is 13.3 Å². The van der Waals surface area contributed by atoms with Gasteiger partial charge in [0.15, 0.2) is 5.82 Å². The SMILES string of the molecule is CNc1nc2c(F)cccc2n1-c1nc(N2CCOC[C@H]2C)cc(C2(S(C)(=N)=O)CC2)n1. The molecular weight excluding hydrogens is 433 g/mol. The van der Waals surface area contributed by atoms with E-state index in [0.717, 1.165) is 0 Å². The summed E-state index contributed by atoms with van der Waals surface area (Å²) >= 11 is 0. The van der Waals surface area contributed by atoms with Crippen molar-refractivity contribution >= 4 is 32.5 Å². The standard InChI is InChI=1S/C21H26FN7O2S/c1-13-12-31-10-9-28(13)17-11-16(21(7-8-21)32(3,23)30)25-20(26-17)29-15-6-4-5-14(22)18(15)27-19(29)24-2/h4-6,11,13,23H,7-10,12H2,1-3H3,(H,24,27)/t13-,32?/m1/s1. The number of morpholine rings is 1. The second-order valence-corrected chi connectivity index (χ2v) is 11.0. The minimum atomic E-state index is -2.89. The molecule has 1 aliphatic carbocycles. The number of imidazole rings is 1. The molecule has 2 aromatic heterocycles. The van der Waals surface area contributed by atoms with Gasteiger partial charge in [0.05, 0.1) is 44.9 Å². The largest absolute Gasteiger partial charge is 0.377 e. The Hall–Kier alpha value is -2.79. The van der Waals surface area contributed by atoms with Crippen LogP contribution < -0.4 is 10.2 Å². The molecule has 2 N–H and O–H groups in total. The lowest BCUT2D eigenvalue weighted by Crippen LogP contribution is -2.44. The van der Waals surface area contributed by atoms with E-state index in [4.69, 9.17) is 19.5 Å². The van der Waals surface area contributed by atoms with Crippen LogP contribution in [0.2, 0.25) is 0 Å². The summed E-state index contributed by atoms with van der Waals surface area (Å²) in [6, 6.07) is 6.70. The number of ether oxygens (including phenoxy) is 1. The van der Waals surface area contributed by atoms with E-state index in [0.29, 0.717) is 61.5 Å². The van der Waals surface area contributed by atoms with Gasteiger partial charge in [-0.25, -0.2) is 23.1 Å². The summed E-state index contributed by atoms with van der Waals surface area (Å²) in [4.78, 5) is 16.1. The average Bonchev–Trinajstić information content (AvgIpc) is 3.50. The zero-order chi connectivity index (χ0) is 22.7. The third kappa shape index (κ3) is 3.22. The van der Waals surface area contributed by atoms with Gasteiger partial charge < -0.3 is 15.0 Å². The van der Waals surface area contributed by atoms with Crippen molar-refractivity contribution in [3.8, 4) is 5.95 Å². The maximum Gasteiger partial charge on any atom is 0.239 e. The molecule has 9 nitrogen and oxygen atoms in total. The normalized spacial score (nSPS) is 22.0. The molecule has 1 saturated carbocycles. The van der Waals surface area contributed by atoms with E-state index in [1.54, 1.807) is 23.7 Å². The van der Waals surface area contributed by atoms with E-state index >= 15 is 0 Å². The third-order valence-electron chi connectivity index (χ3n) is 6.34. The summed E-state index contributed by atoms with van der Waals surface area (Å²) in [6.45, 7) is 3.87. The highest BCUT2D eigenvalue weighted by Crippen LogP contribution is 2.52. The molecule has 0 amide bonds. The van der Waals surface area contributed by atoms with Crippen LogP contribution >= 0.6 is 0 Å². The highest BCUT2D eigenvalue weighted by Gasteiger charge is 2.53. The number of nitrogens with one attached hydrogen (secondary N) is 2. The summed E-state index contributed by atoms with van der Waals surface area (Å²) in [5, 5.41) is 3.00. The van der Waals surface area contributed by atoms with Crippen LogP contribution in [0.3, 0.4) is 0 Å². The summed E-state index contributed by atoms with van der Waals surface area (Å²) in [5.41, 5.74) is 1.33.